The van der Waals surface area contributed by atoms with Gasteiger partial charge in [-0.25, -0.2) is 14.1 Å². The van der Waals surface area contributed by atoms with Crippen LogP contribution in [0.3, 0.4) is 0 Å². The average Bonchev–Trinajstić information content (AvgIpc) is 3.06. The van der Waals surface area contributed by atoms with Crippen LogP contribution in [0.25, 0.3) is 0 Å². The van der Waals surface area contributed by atoms with Crippen LogP contribution in [0.2, 0.25) is 0 Å². The minimum absolute atomic E-state index is 0.614. The maximum atomic E-state index is 9.92. The molecule has 10 heteroatoms. The van der Waals surface area contributed by atoms with Crippen molar-refractivity contribution in [2.24, 2.45) is 7.05 Å². The molecule has 0 aliphatic rings. The van der Waals surface area contributed by atoms with Crippen molar-refractivity contribution in [3.63, 3.8) is 0 Å². The van der Waals surface area contributed by atoms with Gasteiger partial charge in [0.05, 0.1) is 13.6 Å². The zero-order valence-corrected chi connectivity index (χ0v) is 11.7. The van der Waals surface area contributed by atoms with Crippen molar-refractivity contribution in [2.75, 3.05) is 0 Å². The molecule has 0 N–H and O–H groups in total. The molecule has 0 aliphatic heterocycles. The summed E-state index contributed by atoms with van der Waals surface area (Å²) >= 11 is 0. The van der Waals surface area contributed by atoms with Gasteiger partial charge in [0.25, 0.3) is 11.8 Å². The van der Waals surface area contributed by atoms with E-state index in [4.69, 9.17) is 0 Å². The molecule has 2 rings (SSSR count). The first-order chi connectivity index (χ1) is 9.93. The van der Waals surface area contributed by atoms with Crippen LogP contribution in [0.15, 0.2) is 24.9 Å². The van der Waals surface area contributed by atoms with E-state index in [1.807, 2.05) is 7.05 Å². The van der Waals surface area contributed by atoms with Gasteiger partial charge in [-0.1, -0.05) is 13.3 Å². The van der Waals surface area contributed by atoms with Crippen molar-refractivity contribution < 1.29 is 14.4 Å². The second-order valence-corrected chi connectivity index (χ2v) is 4.21. The molecule has 114 valence electrons. The molecule has 0 aromatic carbocycles. The molecule has 2 aromatic rings. The van der Waals surface area contributed by atoms with Crippen molar-refractivity contribution in [1.29, 1.82) is 0 Å². The van der Waals surface area contributed by atoms with E-state index in [1.54, 1.807) is 0 Å². The van der Waals surface area contributed by atoms with E-state index in [0.29, 0.717) is 0 Å². The Kier molecular flexibility index (Phi) is 5.99. The lowest BCUT2D eigenvalue weighted by molar-refractivity contribution is -0.671. The molecule has 0 saturated carbocycles. The minimum Gasteiger partial charge on any atom is -0.458 e. The average molecular weight is 296 g/mol. The highest BCUT2D eigenvalue weighted by Crippen LogP contribution is 2.09. The second kappa shape index (κ2) is 7.72. The lowest BCUT2D eigenvalue weighted by Crippen LogP contribution is -2.23. The third kappa shape index (κ3) is 5.38. The number of imidazole rings is 2. The lowest BCUT2D eigenvalue weighted by Gasteiger charge is -1.95. The highest BCUT2D eigenvalue weighted by atomic mass is 16.6. The number of rotatable bonds is 5. The molecule has 10 nitrogen and oxygen atoms in total. The Morgan fingerprint density at radius 2 is 2.10 bits per heavy atom. The summed E-state index contributed by atoms with van der Waals surface area (Å²) in [5, 5.41) is 19.8. The zero-order valence-electron chi connectivity index (χ0n) is 11.7. The van der Waals surface area contributed by atoms with Crippen LogP contribution < -0.4 is 9.55 Å². The molecule has 21 heavy (non-hydrogen) atoms. The van der Waals surface area contributed by atoms with Gasteiger partial charge < -0.3 is 20.2 Å². The summed E-state index contributed by atoms with van der Waals surface area (Å²) in [6, 6.07) is 0. The first-order valence-corrected chi connectivity index (χ1v) is 6.23. The summed E-state index contributed by atoms with van der Waals surface area (Å²) in [7, 11) is 2.04. The molecule has 2 heterocycles. The van der Waals surface area contributed by atoms with E-state index < -0.39 is 21.6 Å². The molecule has 0 spiro atoms. The Morgan fingerprint density at radius 1 is 1.38 bits per heavy atom. The summed E-state index contributed by atoms with van der Waals surface area (Å²) in [6.45, 7) is 3.36. The predicted molar refractivity (Wildman–Crippen MR) is 71.4 cm³/mol. The van der Waals surface area contributed by atoms with Gasteiger partial charge in [-0.15, -0.1) is 0 Å². The quantitative estimate of drug-likeness (QED) is 0.460. The Balaban J connectivity index is 0.000000211. The van der Waals surface area contributed by atoms with E-state index in [2.05, 4.69) is 44.7 Å². The molecule has 0 fully saturated rings. The third-order valence-corrected chi connectivity index (χ3v) is 2.45. The van der Waals surface area contributed by atoms with Crippen LogP contribution >= 0.6 is 0 Å². The van der Waals surface area contributed by atoms with Crippen molar-refractivity contribution >= 4 is 11.8 Å². The Bertz CT molecular complexity index is 577. The van der Waals surface area contributed by atoms with Crippen molar-refractivity contribution in [3.05, 3.63) is 45.1 Å². The number of nitro groups is 2. The molecule has 2 aromatic heterocycles. The van der Waals surface area contributed by atoms with E-state index in [1.165, 1.54) is 12.8 Å². The molecule has 0 bridgehead atoms. The lowest BCUT2D eigenvalue weighted by atomic mass is 10.3. The van der Waals surface area contributed by atoms with Crippen molar-refractivity contribution in [2.45, 2.75) is 26.3 Å². The molecular weight excluding hydrogens is 280 g/mol. The molecule has 0 aliphatic carbocycles. The van der Waals surface area contributed by atoms with Gasteiger partial charge in [0, 0.05) is 0 Å². The van der Waals surface area contributed by atoms with Gasteiger partial charge in [-0.3, -0.25) is 0 Å². The van der Waals surface area contributed by atoms with Gasteiger partial charge in [-0.05, 0) is 11.3 Å². The molecular formula is C11H16N6O4. The van der Waals surface area contributed by atoms with Crippen LogP contribution in [-0.2, 0) is 13.6 Å². The number of nitrogens with zero attached hydrogens (tertiary/aromatic N) is 6. The standard InChI is InChI=1S/C8H15N2.C3HN4O4/c1-3-4-5-10-7-6-9(2)8-10;8-6(9)2-1-4-3(5-2)7(10)11/h6-8H,3-5H2,1-2H3;1H/q+1;-1. The molecule has 0 radical (unpaired) electrons. The molecule has 0 unspecified atom stereocenters. The Hall–Kier alpha value is -2.78. The van der Waals surface area contributed by atoms with Crippen LogP contribution in [-0.4, -0.2) is 19.4 Å². The molecule has 0 saturated heterocycles. The Labute approximate surface area is 120 Å². The smallest absolute Gasteiger partial charge is 0.283 e. The normalized spacial score (nSPS) is 9.81. The van der Waals surface area contributed by atoms with E-state index in [0.717, 1.165) is 12.7 Å². The van der Waals surface area contributed by atoms with Gasteiger partial charge in [0.2, 0.25) is 6.33 Å². The number of aryl methyl sites for hydroxylation is 2. The molecule has 0 atom stereocenters. The van der Waals surface area contributed by atoms with E-state index >= 15 is 0 Å². The minimum atomic E-state index is -0.896. The number of aromatic nitrogens is 4. The highest BCUT2D eigenvalue weighted by Gasteiger charge is 2.05. The third-order valence-electron chi connectivity index (χ3n) is 2.45. The Morgan fingerprint density at radius 3 is 2.48 bits per heavy atom. The van der Waals surface area contributed by atoms with Crippen molar-refractivity contribution in [1.82, 2.24) is 14.5 Å². The number of unbranched alkanes of at least 4 members (excludes halogenated alkanes) is 1. The zero-order chi connectivity index (χ0) is 15.8. The van der Waals surface area contributed by atoms with Gasteiger partial charge >= 0.3 is 0 Å². The fourth-order valence-corrected chi connectivity index (χ4v) is 1.43. The topological polar surface area (TPSA) is 122 Å². The summed E-state index contributed by atoms with van der Waals surface area (Å²) in [4.78, 5) is 24.2. The van der Waals surface area contributed by atoms with E-state index in [-0.39, 0.29) is 0 Å². The van der Waals surface area contributed by atoms with Crippen LogP contribution in [0.1, 0.15) is 19.8 Å². The number of hydrogen-bond acceptors (Lipinski definition) is 5. The predicted octanol–water partition coefficient (Wildman–Crippen LogP) is 0.968. The summed E-state index contributed by atoms with van der Waals surface area (Å²) < 4.78 is 4.28. The van der Waals surface area contributed by atoms with Crippen LogP contribution in [0.5, 0.6) is 0 Å². The highest BCUT2D eigenvalue weighted by molar-refractivity contribution is 5.20. The summed E-state index contributed by atoms with van der Waals surface area (Å²) in [5.74, 6) is -1.37. The van der Waals surface area contributed by atoms with Gasteiger partial charge in [0.1, 0.15) is 18.6 Å². The van der Waals surface area contributed by atoms with Crippen molar-refractivity contribution in [3.8, 4) is 0 Å². The summed E-state index contributed by atoms with van der Waals surface area (Å²) in [5.41, 5.74) is 0. The SMILES string of the molecule is CCCCn1cc[n+](C)c1.O=[N+]([O-])c1c[n-]c([N+](=O)[O-])n1. The van der Waals surface area contributed by atoms with Gasteiger partial charge in [-0.2, -0.15) is 9.91 Å². The maximum Gasteiger partial charge on any atom is 0.283 e. The first kappa shape index (κ1) is 16.3. The van der Waals surface area contributed by atoms with Crippen LogP contribution in [0, 0.1) is 20.2 Å². The summed E-state index contributed by atoms with van der Waals surface area (Å²) in [6.07, 6.45) is 9.55. The van der Waals surface area contributed by atoms with Gasteiger partial charge in [0.15, 0.2) is 0 Å². The number of hydrogen-bond donors (Lipinski definition) is 0. The molecule has 0 amide bonds. The fourth-order valence-electron chi connectivity index (χ4n) is 1.43. The largest absolute Gasteiger partial charge is 0.458 e. The first-order valence-electron chi connectivity index (χ1n) is 6.23. The second-order valence-electron chi connectivity index (χ2n) is 4.21. The van der Waals surface area contributed by atoms with E-state index in [9.17, 15) is 20.2 Å². The van der Waals surface area contributed by atoms with Crippen LogP contribution in [0.4, 0.5) is 11.8 Å². The fraction of sp³-hybridized carbons (Fsp3) is 0.455. The maximum absolute atomic E-state index is 9.92. The monoisotopic (exact) mass is 296 g/mol.